The summed E-state index contributed by atoms with van der Waals surface area (Å²) in [7, 11) is 3.21. The lowest BCUT2D eigenvalue weighted by Gasteiger charge is -2.11. The Kier molecular flexibility index (Phi) is 4.95. The van der Waals surface area contributed by atoms with E-state index in [1.165, 1.54) is 0 Å². The third-order valence-corrected chi connectivity index (χ3v) is 0.905. The van der Waals surface area contributed by atoms with Gasteiger partial charge in [0.05, 0.1) is 7.11 Å². The van der Waals surface area contributed by atoms with Crippen molar-refractivity contribution in [3.05, 3.63) is 0 Å². The molecule has 0 spiro atoms. The molecule has 0 aliphatic heterocycles. The maximum atomic E-state index is 4.90. The van der Waals surface area contributed by atoms with Gasteiger partial charge in [-0.2, -0.15) is 5.48 Å². The van der Waals surface area contributed by atoms with Crippen LogP contribution in [0.3, 0.4) is 0 Å². The number of methoxy groups -OCH3 is 1. The Bertz CT molecular complexity index is 45.7. The molecule has 3 nitrogen and oxygen atoms in total. The highest BCUT2D eigenvalue weighted by Crippen LogP contribution is 1.88. The van der Waals surface area contributed by atoms with Crippen molar-refractivity contribution < 1.29 is 9.57 Å². The summed E-state index contributed by atoms with van der Waals surface area (Å²) >= 11 is 0. The minimum absolute atomic E-state index is 0.0278. The Morgan fingerprint density at radius 3 is 2.25 bits per heavy atom. The van der Waals surface area contributed by atoms with Crippen LogP contribution in [0.1, 0.15) is 13.3 Å². The van der Waals surface area contributed by atoms with E-state index in [-0.39, 0.29) is 6.23 Å². The molecule has 1 unspecified atom stereocenters. The zero-order chi connectivity index (χ0) is 6.41. The van der Waals surface area contributed by atoms with Crippen molar-refractivity contribution in [3.63, 3.8) is 0 Å². The second-order valence-electron chi connectivity index (χ2n) is 1.45. The van der Waals surface area contributed by atoms with Crippen LogP contribution in [-0.4, -0.2) is 20.4 Å². The van der Waals surface area contributed by atoms with Crippen molar-refractivity contribution in [2.75, 3.05) is 14.2 Å². The lowest BCUT2D eigenvalue weighted by atomic mass is 10.4. The molecule has 0 bridgehead atoms. The summed E-state index contributed by atoms with van der Waals surface area (Å²) in [6, 6.07) is 0. The lowest BCUT2D eigenvalue weighted by Crippen LogP contribution is -2.28. The maximum absolute atomic E-state index is 4.90. The van der Waals surface area contributed by atoms with E-state index in [0.717, 1.165) is 6.42 Å². The summed E-state index contributed by atoms with van der Waals surface area (Å²) in [5.41, 5.74) is 2.66. The van der Waals surface area contributed by atoms with Crippen LogP contribution in [0, 0.1) is 0 Å². The number of hydrogen-bond donors (Lipinski definition) is 1. The molecule has 0 saturated carbocycles. The van der Waals surface area contributed by atoms with Crippen molar-refractivity contribution in [1.29, 1.82) is 0 Å². The normalized spacial score (nSPS) is 13.9. The zero-order valence-electron chi connectivity index (χ0n) is 5.60. The summed E-state index contributed by atoms with van der Waals surface area (Å²) in [6.45, 7) is 2.01. The molecule has 0 fully saturated rings. The van der Waals surface area contributed by atoms with E-state index in [4.69, 9.17) is 4.74 Å². The van der Waals surface area contributed by atoms with Gasteiger partial charge in [-0.05, 0) is 6.42 Å². The number of nitrogens with one attached hydrogen (secondary N) is 1. The fraction of sp³-hybridized carbons (Fsp3) is 1.00. The largest absolute Gasteiger partial charge is 0.365 e. The smallest absolute Gasteiger partial charge is 0.129 e. The van der Waals surface area contributed by atoms with Crippen LogP contribution < -0.4 is 5.48 Å². The Hall–Kier alpha value is -0.120. The SMILES string of the molecule is CCC(NOC)OC. The van der Waals surface area contributed by atoms with Gasteiger partial charge < -0.3 is 9.57 Å². The van der Waals surface area contributed by atoms with E-state index in [9.17, 15) is 0 Å². The van der Waals surface area contributed by atoms with Crippen molar-refractivity contribution in [1.82, 2.24) is 5.48 Å². The van der Waals surface area contributed by atoms with E-state index in [0.29, 0.717) is 0 Å². The minimum atomic E-state index is 0.0278. The molecule has 0 aliphatic rings. The number of rotatable bonds is 4. The van der Waals surface area contributed by atoms with Gasteiger partial charge in [0.1, 0.15) is 6.23 Å². The summed E-state index contributed by atoms with van der Waals surface area (Å²) < 4.78 is 4.90. The second kappa shape index (κ2) is 5.03. The van der Waals surface area contributed by atoms with Crippen molar-refractivity contribution in [2.24, 2.45) is 0 Å². The fourth-order valence-electron chi connectivity index (χ4n) is 0.430. The summed E-state index contributed by atoms with van der Waals surface area (Å²) in [5, 5.41) is 0. The topological polar surface area (TPSA) is 30.5 Å². The Labute approximate surface area is 49.9 Å². The van der Waals surface area contributed by atoms with Gasteiger partial charge >= 0.3 is 0 Å². The van der Waals surface area contributed by atoms with Gasteiger partial charge in [-0.1, -0.05) is 6.92 Å². The standard InChI is InChI=1S/C5H13NO2/c1-4-5(7-2)6-8-3/h5-6H,4H2,1-3H3. The number of ether oxygens (including phenoxy) is 1. The van der Waals surface area contributed by atoms with E-state index in [1.54, 1.807) is 14.2 Å². The van der Waals surface area contributed by atoms with Crippen LogP contribution in [0.25, 0.3) is 0 Å². The van der Waals surface area contributed by atoms with Crippen LogP contribution in [0.2, 0.25) is 0 Å². The maximum Gasteiger partial charge on any atom is 0.129 e. The molecule has 0 saturated heterocycles. The van der Waals surface area contributed by atoms with Crippen molar-refractivity contribution >= 4 is 0 Å². The van der Waals surface area contributed by atoms with Gasteiger partial charge in [0.2, 0.25) is 0 Å². The first-order valence-corrected chi connectivity index (χ1v) is 2.66. The quantitative estimate of drug-likeness (QED) is 0.432. The van der Waals surface area contributed by atoms with Gasteiger partial charge in [0, 0.05) is 7.11 Å². The Morgan fingerprint density at radius 1 is 1.50 bits per heavy atom. The average Bonchev–Trinajstić information content (AvgIpc) is 1.83. The molecule has 3 heteroatoms. The second-order valence-corrected chi connectivity index (χ2v) is 1.45. The molecule has 50 valence electrons. The predicted molar refractivity (Wildman–Crippen MR) is 31.2 cm³/mol. The molecule has 1 atom stereocenters. The minimum Gasteiger partial charge on any atom is -0.365 e. The van der Waals surface area contributed by atoms with Crippen LogP contribution in [-0.2, 0) is 9.57 Å². The lowest BCUT2D eigenvalue weighted by molar-refractivity contribution is -0.0544. The molecule has 0 heterocycles. The van der Waals surface area contributed by atoms with E-state index >= 15 is 0 Å². The van der Waals surface area contributed by atoms with Gasteiger partial charge in [0.15, 0.2) is 0 Å². The Balaban J connectivity index is 3.07. The summed E-state index contributed by atoms with van der Waals surface area (Å²) in [4.78, 5) is 4.61. The molecule has 0 aromatic carbocycles. The van der Waals surface area contributed by atoms with E-state index in [2.05, 4.69) is 10.3 Å². The first kappa shape index (κ1) is 7.88. The molecular weight excluding hydrogens is 106 g/mol. The van der Waals surface area contributed by atoms with Crippen molar-refractivity contribution in [3.8, 4) is 0 Å². The van der Waals surface area contributed by atoms with Crippen LogP contribution in [0.15, 0.2) is 0 Å². The van der Waals surface area contributed by atoms with Crippen LogP contribution in [0.5, 0.6) is 0 Å². The molecule has 1 N–H and O–H groups in total. The van der Waals surface area contributed by atoms with Gasteiger partial charge in [-0.3, -0.25) is 0 Å². The molecule has 0 aromatic heterocycles. The van der Waals surface area contributed by atoms with Crippen LogP contribution >= 0.6 is 0 Å². The summed E-state index contributed by atoms with van der Waals surface area (Å²) in [5.74, 6) is 0. The van der Waals surface area contributed by atoms with Gasteiger partial charge in [-0.15, -0.1) is 0 Å². The first-order chi connectivity index (χ1) is 3.85. The zero-order valence-corrected chi connectivity index (χ0v) is 5.60. The molecular formula is C5H13NO2. The first-order valence-electron chi connectivity index (χ1n) is 2.66. The van der Waals surface area contributed by atoms with Gasteiger partial charge in [-0.25, -0.2) is 0 Å². The van der Waals surface area contributed by atoms with Gasteiger partial charge in [0.25, 0.3) is 0 Å². The fourth-order valence-corrected chi connectivity index (χ4v) is 0.430. The molecule has 0 amide bonds. The third-order valence-electron chi connectivity index (χ3n) is 0.905. The van der Waals surface area contributed by atoms with E-state index in [1.807, 2.05) is 6.92 Å². The highest BCUT2D eigenvalue weighted by Gasteiger charge is 1.98. The molecule has 8 heavy (non-hydrogen) atoms. The Morgan fingerprint density at radius 2 is 2.12 bits per heavy atom. The molecule has 0 radical (unpaired) electrons. The summed E-state index contributed by atoms with van der Waals surface area (Å²) in [6.07, 6.45) is 0.935. The highest BCUT2D eigenvalue weighted by molar-refractivity contribution is 4.39. The number of hydrogen-bond acceptors (Lipinski definition) is 3. The predicted octanol–water partition coefficient (Wildman–Crippen LogP) is 0.520. The molecule has 0 rings (SSSR count). The van der Waals surface area contributed by atoms with E-state index < -0.39 is 0 Å². The average molecular weight is 119 g/mol. The van der Waals surface area contributed by atoms with Crippen molar-refractivity contribution in [2.45, 2.75) is 19.6 Å². The monoisotopic (exact) mass is 119 g/mol. The highest BCUT2D eigenvalue weighted by atomic mass is 16.7. The number of hydroxylamine groups is 1. The van der Waals surface area contributed by atoms with Crippen LogP contribution in [0.4, 0.5) is 0 Å². The molecule has 0 aromatic rings. The molecule has 0 aliphatic carbocycles. The third kappa shape index (κ3) is 2.96.